The van der Waals surface area contributed by atoms with E-state index in [1.165, 1.54) is 16.7 Å². The summed E-state index contributed by atoms with van der Waals surface area (Å²) in [5, 5.41) is 8.40. The highest BCUT2D eigenvalue weighted by molar-refractivity contribution is 7.49. The Morgan fingerprint density at radius 2 is 1.12 bits per heavy atom. The molecule has 228 valence electrons. The summed E-state index contributed by atoms with van der Waals surface area (Å²) in [6.07, 6.45) is 0.483. The van der Waals surface area contributed by atoms with Crippen molar-refractivity contribution >= 4 is 8.30 Å². The fourth-order valence-electron chi connectivity index (χ4n) is 4.66. The van der Waals surface area contributed by atoms with Crippen molar-refractivity contribution in [2.24, 2.45) is 0 Å². The van der Waals surface area contributed by atoms with Gasteiger partial charge in [0.1, 0.15) is 19.8 Å². The quantitative estimate of drug-likeness (QED) is 0.128. The molecule has 0 saturated heterocycles. The molecule has 0 aliphatic carbocycles. The van der Waals surface area contributed by atoms with Gasteiger partial charge in [-0.15, -0.1) is 0 Å². The zero-order chi connectivity index (χ0) is 28.1. The molecule has 0 bridgehead atoms. The Hall–Kier alpha value is -2.90. The van der Waals surface area contributed by atoms with E-state index in [4.69, 9.17) is 19.3 Å². The maximum absolute atomic E-state index is 8.40. The van der Waals surface area contributed by atoms with Gasteiger partial charge in [-0.1, -0.05) is 76.9 Å². The average Bonchev–Trinajstić information content (AvgIpc) is 2.93. The monoisotopic (exact) mass is 582 g/mol. The Bertz CT molecular complexity index is 1060. The molecule has 41 heavy (non-hydrogen) atoms. The van der Waals surface area contributed by atoms with Crippen LogP contribution in [0.4, 0.5) is 0 Å². The van der Waals surface area contributed by atoms with Crippen LogP contribution in [0.1, 0.15) is 80.0 Å². The van der Waals surface area contributed by atoms with Gasteiger partial charge in [0.25, 0.3) is 0 Å². The number of nitriles is 1. The predicted octanol–water partition coefficient (Wildman–Crippen LogP) is 9.94. The lowest BCUT2D eigenvalue weighted by atomic mass is 9.71. The molecule has 3 rings (SSSR count). The maximum Gasteiger partial charge on any atom is 0.118 e. The SMILES string of the molecule is C.C.C.CC(C)N(C(C)C)P(C)OCCC#N.COc1ccc(C(C)(c2ccccc2)c2ccc(OC)cc2)cc1. The summed E-state index contributed by atoms with van der Waals surface area (Å²) in [6.45, 7) is 13.6. The van der Waals surface area contributed by atoms with Gasteiger partial charge in [-0.05, 0) is 82.2 Å². The molecule has 0 heterocycles. The molecule has 3 aromatic carbocycles. The van der Waals surface area contributed by atoms with Crippen LogP contribution in [0.25, 0.3) is 0 Å². The van der Waals surface area contributed by atoms with Crippen LogP contribution in [0.5, 0.6) is 11.5 Å². The summed E-state index contributed by atoms with van der Waals surface area (Å²) < 4.78 is 18.6. The Kier molecular flexibility index (Phi) is 19.7. The van der Waals surface area contributed by atoms with Gasteiger partial charge in [0.05, 0.1) is 33.3 Å². The molecule has 1 atom stereocenters. The smallest absolute Gasteiger partial charge is 0.118 e. The zero-order valence-corrected chi connectivity index (χ0v) is 25.0. The van der Waals surface area contributed by atoms with Gasteiger partial charge in [0.2, 0.25) is 0 Å². The highest BCUT2D eigenvalue weighted by Crippen LogP contribution is 2.41. The van der Waals surface area contributed by atoms with Gasteiger partial charge in [-0.3, -0.25) is 4.67 Å². The molecule has 0 saturated carbocycles. The second-order valence-electron chi connectivity index (χ2n) is 9.72. The molecular weight excluding hydrogens is 527 g/mol. The molecule has 0 amide bonds. The van der Waals surface area contributed by atoms with Crippen molar-refractivity contribution < 1.29 is 14.0 Å². The minimum Gasteiger partial charge on any atom is -0.497 e. The molecule has 0 spiro atoms. The van der Waals surface area contributed by atoms with E-state index in [-0.39, 0.29) is 27.7 Å². The van der Waals surface area contributed by atoms with Crippen LogP contribution in [-0.4, -0.2) is 44.2 Å². The summed E-state index contributed by atoms with van der Waals surface area (Å²) in [7, 11) is 2.83. The lowest BCUT2D eigenvalue weighted by molar-refractivity contribution is 0.260. The number of methoxy groups -OCH3 is 2. The van der Waals surface area contributed by atoms with E-state index < -0.39 is 8.30 Å². The zero-order valence-electron chi connectivity index (χ0n) is 24.1. The molecule has 1 unspecified atom stereocenters. The fourth-order valence-corrected chi connectivity index (χ4v) is 6.45. The van der Waals surface area contributed by atoms with Crippen LogP contribution in [0.15, 0.2) is 78.9 Å². The molecule has 3 aromatic rings. The van der Waals surface area contributed by atoms with Gasteiger partial charge in [0, 0.05) is 17.5 Å². The van der Waals surface area contributed by atoms with E-state index in [0.29, 0.717) is 25.1 Å². The summed E-state index contributed by atoms with van der Waals surface area (Å²) in [4.78, 5) is 0. The predicted molar refractivity (Wildman–Crippen MR) is 179 cm³/mol. The molecule has 0 N–H and O–H groups in total. The number of rotatable bonds is 11. The van der Waals surface area contributed by atoms with Crippen LogP contribution in [0, 0.1) is 11.3 Å². The maximum atomic E-state index is 8.40. The first kappa shape index (κ1) is 40.2. The van der Waals surface area contributed by atoms with Crippen LogP contribution in [-0.2, 0) is 9.94 Å². The lowest BCUT2D eigenvalue weighted by Crippen LogP contribution is -2.32. The number of ether oxygens (including phenoxy) is 2. The minimum atomic E-state index is -0.552. The summed E-state index contributed by atoms with van der Waals surface area (Å²) in [6, 6.07) is 30.2. The first-order valence-corrected chi connectivity index (χ1v) is 14.7. The van der Waals surface area contributed by atoms with Crippen molar-refractivity contribution in [3.63, 3.8) is 0 Å². The van der Waals surface area contributed by atoms with E-state index in [1.54, 1.807) is 14.2 Å². The molecular formula is C35H55N2O3P. The van der Waals surface area contributed by atoms with Crippen molar-refractivity contribution in [2.75, 3.05) is 27.5 Å². The van der Waals surface area contributed by atoms with Gasteiger partial charge in [-0.25, -0.2) is 0 Å². The van der Waals surface area contributed by atoms with Gasteiger partial charge in [0.15, 0.2) is 0 Å². The number of hydrogen-bond donors (Lipinski definition) is 0. The summed E-state index contributed by atoms with van der Waals surface area (Å²) in [5.74, 6) is 1.73. The molecule has 6 heteroatoms. The molecule has 0 aliphatic heterocycles. The van der Waals surface area contributed by atoms with Gasteiger partial charge < -0.3 is 14.0 Å². The van der Waals surface area contributed by atoms with Crippen molar-refractivity contribution in [1.29, 1.82) is 5.26 Å². The topological polar surface area (TPSA) is 54.7 Å². The molecule has 0 fully saturated rings. The van der Waals surface area contributed by atoms with E-state index >= 15 is 0 Å². The summed E-state index contributed by atoms with van der Waals surface area (Å²) in [5.41, 5.74) is 3.44. The average molecular weight is 583 g/mol. The third kappa shape index (κ3) is 11.1. The Morgan fingerprint density at radius 3 is 1.46 bits per heavy atom. The van der Waals surface area contributed by atoms with E-state index in [2.05, 4.69) is 101 Å². The highest BCUT2D eigenvalue weighted by Gasteiger charge is 2.31. The largest absolute Gasteiger partial charge is 0.497 e. The van der Waals surface area contributed by atoms with Crippen molar-refractivity contribution in [2.45, 2.75) is 80.8 Å². The molecule has 0 radical (unpaired) electrons. The van der Waals surface area contributed by atoms with Crippen LogP contribution in [0.2, 0.25) is 0 Å². The Balaban J connectivity index is 0. The molecule has 0 aromatic heterocycles. The van der Waals surface area contributed by atoms with Crippen molar-refractivity contribution in [3.8, 4) is 17.6 Å². The van der Waals surface area contributed by atoms with Crippen LogP contribution in [0.3, 0.4) is 0 Å². The molecule has 5 nitrogen and oxygen atoms in total. The second kappa shape index (κ2) is 20.1. The first-order valence-electron chi connectivity index (χ1n) is 13.0. The van der Waals surface area contributed by atoms with E-state index in [1.807, 2.05) is 30.3 Å². The van der Waals surface area contributed by atoms with E-state index in [0.717, 1.165) is 11.5 Å². The normalized spacial score (nSPS) is 11.2. The van der Waals surface area contributed by atoms with E-state index in [9.17, 15) is 0 Å². The first-order chi connectivity index (χ1) is 18.2. The third-order valence-corrected chi connectivity index (χ3v) is 8.69. The molecule has 0 aliphatic rings. The minimum absolute atomic E-state index is 0. The Morgan fingerprint density at radius 1 is 0.732 bits per heavy atom. The highest BCUT2D eigenvalue weighted by atomic mass is 31.2. The van der Waals surface area contributed by atoms with Gasteiger partial charge >= 0.3 is 0 Å². The van der Waals surface area contributed by atoms with Crippen LogP contribution >= 0.6 is 8.30 Å². The lowest BCUT2D eigenvalue weighted by Gasteiger charge is -2.34. The number of benzene rings is 3. The summed E-state index contributed by atoms with van der Waals surface area (Å²) >= 11 is 0. The van der Waals surface area contributed by atoms with Gasteiger partial charge in [-0.2, -0.15) is 5.26 Å². The standard InChI is InChI=1S/C22H22O2.C10H21N2OP.3CH4/c1-22(17-7-5-4-6-8-17,18-9-13-20(23-2)14-10-18)19-11-15-21(24-3)16-12-19;1-9(2)12(10(3)4)14(5)13-8-6-7-11;;;/h4-16H,1-3H3;9-10H,6,8H2,1-5H3;3*1H4. The fraction of sp³-hybridized carbons (Fsp3) is 0.457. The van der Waals surface area contributed by atoms with Crippen molar-refractivity contribution in [3.05, 3.63) is 95.6 Å². The second-order valence-corrected chi connectivity index (χ2v) is 11.4. The van der Waals surface area contributed by atoms with Crippen LogP contribution < -0.4 is 9.47 Å². The third-order valence-electron chi connectivity index (χ3n) is 6.56. The Labute approximate surface area is 253 Å². The number of nitrogens with zero attached hydrogens (tertiary/aromatic N) is 2. The number of hydrogen-bond acceptors (Lipinski definition) is 5. The van der Waals surface area contributed by atoms with Crippen molar-refractivity contribution in [1.82, 2.24) is 4.67 Å².